The molecule has 0 saturated carbocycles. The Labute approximate surface area is 163 Å². The van der Waals surface area contributed by atoms with Crippen LogP contribution in [0.15, 0.2) is 65.3 Å². The van der Waals surface area contributed by atoms with Crippen molar-refractivity contribution in [2.75, 3.05) is 4.90 Å². The van der Waals surface area contributed by atoms with E-state index in [1.807, 2.05) is 36.4 Å². The Morgan fingerprint density at radius 2 is 1.75 bits per heavy atom. The minimum absolute atomic E-state index is 0.309. The number of aryl methyl sites for hydroxylation is 2. The monoisotopic (exact) mass is 375 g/mol. The molecule has 1 aromatic heterocycles. The van der Waals surface area contributed by atoms with Crippen molar-refractivity contribution in [1.29, 1.82) is 0 Å². The lowest BCUT2D eigenvalue weighted by Gasteiger charge is -2.23. The minimum Gasteiger partial charge on any atom is -0.469 e. The molecule has 5 nitrogen and oxygen atoms in total. The zero-order valence-electron chi connectivity index (χ0n) is 15.8. The molecule has 2 heterocycles. The normalized spacial score (nSPS) is 18.4. The number of para-hydroxylation sites is 1. The molecule has 1 aliphatic heterocycles. The molecule has 0 aliphatic carbocycles. The Balaban J connectivity index is 1.71. The largest absolute Gasteiger partial charge is 0.469 e. The van der Waals surface area contributed by atoms with Gasteiger partial charge in [0.15, 0.2) is 11.4 Å². The number of hydrogen-bond donors (Lipinski definition) is 1. The van der Waals surface area contributed by atoms with E-state index in [4.69, 9.17) is 4.42 Å². The number of nitrogens with zero attached hydrogens (tertiary/aromatic N) is 1. The van der Waals surface area contributed by atoms with Gasteiger partial charge in [0.25, 0.3) is 5.91 Å². The SMILES string of the molecule is Cc1coc(C)c1C(=O)C[C@@]1(O)C(=O)N(Cc2ccccc2)c2ccccc21. The second-order valence-electron chi connectivity index (χ2n) is 7.20. The molecule has 0 radical (unpaired) electrons. The van der Waals surface area contributed by atoms with Crippen LogP contribution in [0.25, 0.3) is 0 Å². The molecule has 0 unspecified atom stereocenters. The van der Waals surface area contributed by atoms with Crippen LogP contribution in [-0.4, -0.2) is 16.8 Å². The quantitative estimate of drug-likeness (QED) is 0.687. The van der Waals surface area contributed by atoms with Gasteiger partial charge in [0.05, 0.1) is 30.5 Å². The van der Waals surface area contributed by atoms with E-state index < -0.39 is 11.5 Å². The third-order valence-electron chi connectivity index (χ3n) is 5.28. The van der Waals surface area contributed by atoms with Crippen molar-refractivity contribution in [2.45, 2.75) is 32.4 Å². The molecule has 3 aromatic rings. The van der Waals surface area contributed by atoms with Crippen LogP contribution in [0.3, 0.4) is 0 Å². The van der Waals surface area contributed by atoms with Crippen LogP contribution in [0.1, 0.15) is 39.2 Å². The predicted molar refractivity (Wildman–Crippen MR) is 105 cm³/mol. The number of rotatable bonds is 5. The molecule has 2 aromatic carbocycles. The summed E-state index contributed by atoms with van der Waals surface area (Å²) in [7, 11) is 0. The highest BCUT2D eigenvalue weighted by molar-refractivity contribution is 6.11. The smallest absolute Gasteiger partial charge is 0.264 e. The van der Waals surface area contributed by atoms with Gasteiger partial charge in [-0.1, -0.05) is 48.5 Å². The molecule has 4 rings (SSSR count). The highest BCUT2D eigenvalue weighted by Gasteiger charge is 2.51. The van der Waals surface area contributed by atoms with Crippen LogP contribution < -0.4 is 4.90 Å². The van der Waals surface area contributed by atoms with E-state index in [1.165, 1.54) is 6.26 Å². The second kappa shape index (κ2) is 6.77. The van der Waals surface area contributed by atoms with Crippen LogP contribution in [0.2, 0.25) is 0 Å². The number of aliphatic hydroxyl groups is 1. The Bertz CT molecular complexity index is 1030. The number of hydrogen-bond acceptors (Lipinski definition) is 4. The Kier molecular flexibility index (Phi) is 4.40. The lowest BCUT2D eigenvalue weighted by atomic mass is 9.87. The van der Waals surface area contributed by atoms with E-state index in [-0.39, 0.29) is 12.2 Å². The molecule has 0 saturated heterocycles. The molecule has 0 spiro atoms. The maximum absolute atomic E-state index is 13.3. The summed E-state index contributed by atoms with van der Waals surface area (Å²) in [5, 5.41) is 11.4. The number of fused-ring (bicyclic) bond motifs is 1. The summed E-state index contributed by atoms with van der Waals surface area (Å²) in [5.74, 6) is -0.299. The van der Waals surface area contributed by atoms with E-state index in [9.17, 15) is 14.7 Å². The summed E-state index contributed by atoms with van der Waals surface area (Å²) < 4.78 is 5.31. The lowest BCUT2D eigenvalue weighted by molar-refractivity contribution is -0.136. The van der Waals surface area contributed by atoms with Crippen LogP contribution >= 0.6 is 0 Å². The average molecular weight is 375 g/mol. The summed E-state index contributed by atoms with van der Waals surface area (Å²) in [6, 6.07) is 16.7. The number of amides is 1. The van der Waals surface area contributed by atoms with E-state index in [2.05, 4.69) is 0 Å². The molecular weight excluding hydrogens is 354 g/mol. The van der Waals surface area contributed by atoms with Gasteiger partial charge in [0, 0.05) is 5.56 Å². The lowest BCUT2D eigenvalue weighted by Crippen LogP contribution is -2.41. The number of anilines is 1. The number of ketones is 1. The molecule has 0 fully saturated rings. The number of Topliss-reactive ketones (excluding diaryl/α,β-unsaturated/α-hetero) is 1. The highest BCUT2D eigenvalue weighted by atomic mass is 16.3. The molecule has 1 atom stereocenters. The minimum atomic E-state index is -1.89. The Hall–Kier alpha value is -3.18. The molecular formula is C23H21NO4. The van der Waals surface area contributed by atoms with Gasteiger partial charge in [0.2, 0.25) is 0 Å². The summed E-state index contributed by atoms with van der Waals surface area (Å²) in [4.78, 5) is 27.8. The third kappa shape index (κ3) is 2.84. The number of carbonyl (C=O) groups is 2. The topological polar surface area (TPSA) is 70.7 Å². The van der Waals surface area contributed by atoms with Gasteiger partial charge in [-0.15, -0.1) is 0 Å². The van der Waals surface area contributed by atoms with E-state index in [0.717, 1.165) is 5.56 Å². The molecule has 1 amide bonds. The van der Waals surface area contributed by atoms with Crippen molar-refractivity contribution in [1.82, 2.24) is 0 Å². The molecule has 1 aliphatic rings. The predicted octanol–water partition coefficient (Wildman–Crippen LogP) is 3.90. The summed E-state index contributed by atoms with van der Waals surface area (Å²) in [5.41, 5.74) is 1.28. The maximum atomic E-state index is 13.3. The fourth-order valence-electron chi connectivity index (χ4n) is 3.91. The van der Waals surface area contributed by atoms with Crippen molar-refractivity contribution in [3.8, 4) is 0 Å². The Morgan fingerprint density at radius 3 is 2.43 bits per heavy atom. The molecule has 28 heavy (non-hydrogen) atoms. The first kappa shape index (κ1) is 18.2. The average Bonchev–Trinajstić information content (AvgIpc) is 3.13. The van der Waals surface area contributed by atoms with Gasteiger partial charge in [-0.25, -0.2) is 0 Å². The standard InChI is InChI=1S/C23H21NO4/c1-15-14-28-16(2)21(15)20(25)12-23(27)18-10-6-7-11-19(18)24(22(23)26)13-17-8-4-3-5-9-17/h3-11,14,27H,12-13H2,1-2H3/t23-/m0/s1. The van der Waals surface area contributed by atoms with E-state index >= 15 is 0 Å². The first-order valence-corrected chi connectivity index (χ1v) is 9.17. The fraction of sp³-hybridized carbons (Fsp3) is 0.217. The zero-order chi connectivity index (χ0) is 19.9. The fourth-order valence-corrected chi connectivity index (χ4v) is 3.91. The first-order chi connectivity index (χ1) is 13.4. The molecule has 142 valence electrons. The summed E-state index contributed by atoms with van der Waals surface area (Å²) in [6.45, 7) is 3.81. The Morgan fingerprint density at radius 1 is 1.07 bits per heavy atom. The van der Waals surface area contributed by atoms with Crippen LogP contribution in [0.5, 0.6) is 0 Å². The van der Waals surface area contributed by atoms with Gasteiger partial charge in [-0.3, -0.25) is 9.59 Å². The van der Waals surface area contributed by atoms with E-state index in [1.54, 1.807) is 36.9 Å². The van der Waals surface area contributed by atoms with Gasteiger partial charge >= 0.3 is 0 Å². The first-order valence-electron chi connectivity index (χ1n) is 9.17. The van der Waals surface area contributed by atoms with Crippen LogP contribution in [-0.2, 0) is 16.9 Å². The van der Waals surface area contributed by atoms with Crippen LogP contribution in [0, 0.1) is 13.8 Å². The van der Waals surface area contributed by atoms with Crippen molar-refractivity contribution in [3.63, 3.8) is 0 Å². The number of benzene rings is 2. The molecule has 5 heteroatoms. The zero-order valence-corrected chi connectivity index (χ0v) is 15.8. The highest BCUT2D eigenvalue weighted by Crippen LogP contribution is 2.43. The van der Waals surface area contributed by atoms with E-state index in [0.29, 0.717) is 34.7 Å². The van der Waals surface area contributed by atoms with Crippen molar-refractivity contribution in [2.24, 2.45) is 0 Å². The van der Waals surface area contributed by atoms with Gasteiger partial charge in [-0.2, -0.15) is 0 Å². The summed E-state index contributed by atoms with van der Waals surface area (Å²) >= 11 is 0. The van der Waals surface area contributed by atoms with Crippen LogP contribution in [0.4, 0.5) is 5.69 Å². The maximum Gasteiger partial charge on any atom is 0.264 e. The van der Waals surface area contributed by atoms with Crippen molar-refractivity contribution < 1.29 is 19.1 Å². The second-order valence-corrected chi connectivity index (χ2v) is 7.20. The third-order valence-corrected chi connectivity index (χ3v) is 5.28. The van der Waals surface area contributed by atoms with Gasteiger partial charge < -0.3 is 14.4 Å². The molecule has 1 N–H and O–H groups in total. The molecule has 0 bridgehead atoms. The van der Waals surface area contributed by atoms with Gasteiger partial charge in [0.1, 0.15) is 5.76 Å². The van der Waals surface area contributed by atoms with Crippen molar-refractivity contribution in [3.05, 3.63) is 88.9 Å². The number of carbonyl (C=O) groups excluding carboxylic acids is 2. The summed E-state index contributed by atoms with van der Waals surface area (Å²) in [6.07, 6.45) is 1.19. The van der Waals surface area contributed by atoms with Crippen molar-refractivity contribution >= 4 is 17.4 Å². The number of furan rings is 1. The van der Waals surface area contributed by atoms with Gasteiger partial charge in [-0.05, 0) is 31.0 Å².